The molecule has 0 radical (unpaired) electrons. The fourth-order valence-electron chi connectivity index (χ4n) is 1.64. The van der Waals surface area contributed by atoms with Crippen molar-refractivity contribution in [2.45, 2.75) is 18.6 Å². The van der Waals surface area contributed by atoms with Gasteiger partial charge in [-0.3, -0.25) is 9.36 Å². The highest BCUT2D eigenvalue weighted by atomic mass is 32.2. The molecule has 0 unspecified atom stereocenters. The Morgan fingerprint density at radius 2 is 2.45 bits per heavy atom. The summed E-state index contributed by atoms with van der Waals surface area (Å²) in [6.07, 6.45) is 3.24. The molecule has 1 N–H and O–H groups in total. The Kier molecular flexibility index (Phi) is 5.00. The van der Waals surface area contributed by atoms with E-state index in [1.165, 1.54) is 11.8 Å². The number of nitrogens with zero attached hydrogens (tertiary/aromatic N) is 3. The second-order valence-corrected chi connectivity index (χ2v) is 4.85. The van der Waals surface area contributed by atoms with Crippen molar-refractivity contribution in [3.05, 3.63) is 31.1 Å². The summed E-state index contributed by atoms with van der Waals surface area (Å²) in [6.45, 7) is 6.73. The molecule has 0 aliphatic rings. The van der Waals surface area contributed by atoms with Gasteiger partial charge in [-0.2, -0.15) is 0 Å². The molecule has 0 aromatic carbocycles. The molecule has 106 valence electrons. The third-order valence-electron chi connectivity index (χ3n) is 2.55. The van der Waals surface area contributed by atoms with Gasteiger partial charge >= 0.3 is 0 Å². The van der Waals surface area contributed by atoms with Gasteiger partial charge in [0.2, 0.25) is 5.91 Å². The minimum absolute atomic E-state index is 0.0555. The molecule has 2 heterocycles. The van der Waals surface area contributed by atoms with Crippen molar-refractivity contribution in [2.24, 2.45) is 0 Å². The highest BCUT2D eigenvalue weighted by Gasteiger charge is 2.15. The SMILES string of the molecule is C=CCNC(=O)CSc1nnc(-c2ccco2)n1CC. The average molecular weight is 292 g/mol. The third kappa shape index (κ3) is 3.30. The fourth-order valence-corrected chi connectivity index (χ4v) is 2.47. The number of carbonyl (C=O) groups excluding carboxylic acids is 1. The molecule has 0 spiro atoms. The normalized spacial score (nSPS) is 10.4. The number of furan rings is 1. The maximum absolute atomic E-state index is 11.6. The summed E-state index contributed by atoms with van der Waals surface area (Å²) in [7, 11) is 0. The zero-order valence-corrected chi connectivity index (χ0v) is 12.0. The molecular formula is C13H16N4O2S. The molecule has 0 saturated carbocycles. The van der Waals surface area contributed by atoms with Crippen LogP contribution >= 0.6 is 11.8 Å². The lowest BCUT2D eigenvalue weighted by Crippen LogP contribution is -2.25. The van der Waals surface area contributed by atoms with Crippen LogP contribution in [-0.2, 0) is 11.3 Å². The minimum Gasteiger partial charge on any atom is -0.461 e. The molecule has 0 aliphatic carbocycles. The van der Waals surface area contributed by atoms with Crippen LogP contribution in [0.4, 0.5) is 0 Å². The maximum Gasteiger partial charge on any atom is 0.230 e. The number of hydrogen-bond donors (Lipinski definition) is 1. The summed E-state index contributed by atoms with van der Waals surface area (Å²) in [5.41, 5.74) is 0. The number of carbonyl (C=O) groups is 1. The van der Waals surface area contributed by atoms with Crippen molar-refractivity contribution in [1.29, 1.82) is 0 Å². The molecule has 0 saturated heterocycles. The van der Waals surface area contributed by atoms with Gasteiger partial charge in [-0.25, -0.2) is 0 Å². The highest BCUT2D eigenvalue weighted by molar-refractivity contribution is 7.99. The topological polar surface area (TPSA) is 73.0 Å². The molecule has 2 aromatic rings. The summed E-state index contributed by atoms with van der Waals surface area (Å²) in [4.78, 5) is 11.6. The Morgan fingerprint density at radius 3 is 3.10 bits per heavy atom. The number of amides is 1. The zero-order chi connectivity index (χ0) is 14.4. The van der Waals surface area contributed by atoms with Gasteiger partial charge in [0, 0.05) is 13.1 Å². The molecule has 2 aromatic heterocycles. The summed E-state index contributed by atoms with van der Waals surface area (Å²) < 4.78 is 7.25. The molecule has 6 nitrogen and oxygen atoms in total. The van der Waals surface area contributed by atoms with Crippen LogP contribution in [-0.4, -0.2) is 33.0 Å². The first-order valence-corrected chi connectivity index (χ1v) is 7.22. The molecule has 0 fully saturated rings. The number of nitrogens with one attached hydrogen (secondary N) is 1. The van der Waals surface area contributed by atoms with Crippen molar-refractivity contribution in [3.8, 4) is 11.6 Å². The summed E-state index contributed by atoms with van der Waals surface area (Å²) in [6, 6.07) is 3.64. The zero-order valence-electron chi connectivity index (χ0n) is 11.2. The van der Waals surface area contributed by atoms with Crippen LogP contribution < -0.4 is 5.32 Å². The number of rotatable bonds is 7. The van der Waals surface area contributed by atoms with Crippen molar-refractivity contribution in [2.75, 3.05) is 12.3 Å². The van der Waals surface area contributed by atoms with Gasteiger partial charge in [-0.05, 0) is 19.1 Å². The van der Waals surface area contributed by atoms with Gasteiger partial charge in [0.05, 0.1) is 12.0 Å². The smallest absolute Gasteiger partial charge is 0.230 e. The summed E-state index contributed by atoms with van der Waals surface area (Å²) in [5.74, 6) is 1.58. The molecule has 0 bridgehead atoms. The largest absolute Gasteiger partial charge is 0.461 e. The molecule has 20 heavy (non-hydrogen) atoms. The molecule has 0 aliphatic heterocycles. The van der Waals surface area contributed by atoms with E-state index >= 15 is 0 Å². The Hall–Kier alpha value is -2.02. The van der Waals surface area contributed by atoms with Gasteiger partial charge in [-0.1, -0.05) is 17.8 Å². The quantitative estimate of drug-likeness (QED) is 0.624. The van der Waals surface area contributed by atoms with E-state index in [0.717, 1.165) is 0 Å². The number of hydrogen-bond acceptors (Lipinski definition) is 5. The lowest BCUT2D eigenvalue weighted by Gasteiger charge is -2.05. The van der Waals surface area contributed by atoms with Crippen LogP contribution in [0.1, 0.15) is 6.92 Å². The number of aromatic nitrogens is 3. The van der Waals surface area contributed by atoms with E-state index in [1.54, 1.807) is 18.4 Å². The van der Waals surface area contributed by atoms with Crippen LogP contribution in [0.15, 0.2) is 40.6 Å². The third-order valence-corrected chi connectivity index (χ3v) is 3.52. The van der Waals surface area contributed by atoms with Gasteiger partial charge in [-0.15, -0.1) is 16.8 Å². The van der Waals surface area contributed by atoms with Crippen LogP contribution in [0.5, 0.6) is 0 Å². The monoisotopic (exact) mass is 292 g/mol. The number of thioether (sulfide) groups is 1. The van der Waals surface area contributed by atoms with Crippen LogP contribution in [0.2, 0.25) is 0 Å². The van der Waals surface area contributed by atoms with E-state index in [2.05, 4.69) is 22.1 Å². The van der Waals surface area contributed by atoms with Gasteiger partial charge in [0.1, 0.15) is 0 Å². The predicted octanol–water partition coefficient (Wildman–Crippen LogP) is 1.95. The van der Waals surface area contributed by atoms with Gasteiger partial charge in [0.25, 0.3) is 0 Å². The van der Waals surface area contributed by atoms with E-state index in [0.29, 0.717) is 35.6 Å². The van der Waals surface area contributed by atoms with E-state index in [9.17, 15) is 4.79 Å². The second kappa shape index (κ2) is 6.95. The van der Waals surface area contributed by atoms with E-state index < -0.39 is 0 Å². The van der Waals surface area contributed by atoms with E-state index in [4.69, 9.17) is 4.42 Å². The minimum atomic E-state index is -0.0555. The first kappa shape index (κ1) is 14.4. The Morgan fingerprint density at radius 1 is 1.60 bits per heavy atom. The van der Waals surface area contributed by atoms with Crippen LogP contribution in [0, 0.1) is 0 Å². The fraction of sp³-hybridized carbons (Fsp3) is 0.308. The first-order chi connectivity index (χ1) is 9.76. The molecule has 7 heteroatoms. The van der Waals surface area contributed by atoms with Gasteiger partial charge in [0.15, 0.2) is 16.7 Å². The lowest BCUT2D eigenvalue weighted by atomic mass is 10.4. The van der Waals surface area contributed by atoms with Gasteiger partial charge < -0.3 is 9.73 Å². The van der Waals surface area contributed by atoms with Crippen molar-refractivity contribution in [1.82, 2.24) is 20.1 Å². The van der Waals surface area contributed by atoms with Crippen molar-refractivity contribution >= 4 is 17.7 Å². The molecule has 0 atom stereocenters. The van der Waals surface area contributed by atoms with Crippen molar-refractivity contribution in [3.63, 3.8) is 0 Å². The Labute approximate surface area is 121 Å². The molecule has 1 amide bonds. The predicted molar refractivity (Wildman–Crippen MR) is 77.3 cm³/mol. The first-order valence-electron chi connectivity index (χ1n) is 6.23. The average Bonchev–Trinajstić information content (AvgIpc) is 3.10. The highest BCUT2D eigenvalue weighted by Crippen LogP contribution is 2.23. The Bertz CT molecular complexity index is 577. The summed E-state index contributed by atoms with van der Waals surface area (Å²) >= 11 is 1.35. The van der Waals surface area contributed by atoms with Crippen LogP contribution in [0.3, 0.4) is 0 Å². The molecule has 2 rings (SSSR count). The van der Waals surface area contributed by atoms with Crippen LogP contribution in [0.25, 0.3) is 11.6 Å². The Balaban J connectivity index is 2.06. The van der Waals surface area contributed by atoms with E-state index in [-0.39, 0.29) is 5.91 Å². The lowest BCUT2D eigenvalue weighted by molar-refractivity contribution is -0.118. The summed E-state index contributed by atoms with van der Waals surface area (Å²) in [5, 5.41) is 11.7. The second-order valence-electron chi connectivity index (χ2n) is 3.91. The standard InChI is InChI=1S/C13H16N4O2S/c1-3-7-14-11(18)9-20-13-16-15-12(17(13)4-2)10-6-5-8-19-10/h3,5-6,8H,1,4,7,9H2,2H3,(H,14,18). The van der Waals surface area contributed by atoms with E-state index in [1.807, 2.05) is 17.6 Å². The van der Waals surface area contributed by atoms with Crippen molar-refractivity contribution < 1.29 is 9.21 Å². The molecular weight excluding hydrogens is 276 g/mol. The maximum atomic E-state index is 11.6.